The second kappa shape index (κ2) is 9.85. The number of hydrogen-bond acceptors (Lipinski definition) is 2. The molecule has 0 heterocycles. The maximum Gasteiger partial charge on any atom is 0.166 e. The van der Waals surface area contributed by atoms with Crippen LogP contribution in [0, 0.1) is 0 Å². The Bertz CT molecular complexity index is 188. The van der Waals surface area contributed by atoms with E-state index in [1.165, 1.54) is 25.7 Å². The van der Waals surface area contributed by atoms with Crippen LogP contribution in [-0.4, -0.2) is 30.9 Å². The second-order valence-corrected chi connectivity index (χ2v) is 4.78. The Morgan fingerprint density at radius 1 is 1.19 bits per heavy atom. The Morgan fingerprint density at radius 3 is 2.38 bits per heavy atom. The second-order valence-electron chi connectivity index (χ2n) is 4.37. The number of nitrogens with one attached hydrogen (secondary N) is 2. The first-order valence-electron chi connectivity index (χ1n) is 6.16. The fourth-order valence-corrected chi connectivity index (χ4v) is 1.96. The molecule has 2 N–H and O–H groups in total. The van der Waals surface area contributed by atoms with Gasteiger partial charge in [0.05, 0.1) is 6.61 Å². The van der Waals surface area contributed by atoms with Gasteiger partial charge in [-0.05, 0) is 32.5 Å². The van der Waals surface area contributed by atoms with Gasteiger partial charge in [-0.25, -0.2) is 0 Å². The van der Waals surface area contributed by atoms with Crippen molar-refractivity contribution in [3.05, 3.63) is 0 Å². The van der Waals surface area contributed by atoms with E-state index in [0.29, 0.717) is 12.6 Å². The smallest absolute Gasteiger partial charge is 0.166 e. The van der Waals surface area contributed by atoms with Crippen molar-refractivity contribution in [2.24, 2.45) is 0 Å². The molecule has 4 heteroatoms. The van der Waals surface area contributed by atoms with Crippen LogP contribution in [0.5, 0.6) is 0 Å². The first-order valence-corrected chi connectivity index (χ1v) is 6.56. The molecule has 0 aromatic rings. The highest BCUT2D eigenvalue weighted by Gasteiger charge is 2.06. The Hall–Kier alpha value is -0.350. The van der Waals surface area contributed by atoms with Crippen LogP contribution >= 0.6 is 12.2 Å². The van der Waals surface area contributed by atoms with Gasteiger partial charge in [-0.15, -0.1) is 0 Å². The summed E-state index contributed by atoms with van der Waals surface area (Å²) in [5.74, 6) is 0. The van der Waals surface area contributed by atoms with Gasteiger partial charge >= 0.3 is 0 Å². The number of methoxy groups -OCH3 is 1. The highest BCUT2D eigenvalue weighted by atomic mass is 32.1. The summed E-state index contributed by atoms with van der Waals surface area (Å²) in [6.45, 7) is 7.12. The molecule has 16 heavy (non-hydrogen) atoms. The molecule has 0 amide bonds. The molecule has 0 aliphatic carbocycles. The average molecular weight is 246 g/mol. The summed E-state index contributed by atoms with van der Waals surface area (Å²) in [6, 6.07) is 0.703. The molecule has 3 nitrogen and oxygen atoms in total. The quantitative estimate of drug-likeness (QED) is 0.509. The molecule has 0 aromatic heterocycles. The molecule has 0 rings (SSSR count). The molecule has 0 aliphatic heterocycles. The van der Waals surface area contributed by atoms with Crippen LogP contribution in [0.1, 0.15) is 46.5 Å². The van der Waals surface area contributed by atoms with Gasteiger partial charge < -0.3 is 15.4 Å². The van der Waals surface area contributed by atoms with Crippen molar-refractivity contribution in [2.75, 3.05) is 13.7 Å². The van der Waals surface area contributed by atoms with E-state index >= 15 is 0 Å². The molecule has 96 valence electrons. The topological polar surface area (TPSA) is 33.3 Å². The minimum atomic E-state index is 0.257. The lowest BCUT2D eigenvalue weighted by Crippen LogP contribution is -2.45. The van der Waals surface area contributed by atoms with E-state index in [9.17, 15) is 0 Å². The number of rotatable bonds is 8. The number of thiocarbonyl (C=S) groups is 1. The lowest BCUT2D eigenvalue weighted by atomic mass is 10.1. The van der Waals surface area contributed by atoms with Crippen LogP contribution < -0.4 is 10.6 Å². The minimum absolute atomic E-state index is 0.257. The first-order chi connectivity index (χ1) is 7.60. The summed E-state index contributed by atoms with van der Waals surface area (Å²) in [4.78, 5) is 0. The minimum Gasteiger partial charge on any atom is -0.383 e. The van der Waals surface area contributed by atoms with Crippen LogP contribution in [0.25, 0.3) is 0 Å². The lowest BCUT2D eigenvalue weighted by Gasteiger charge is -2.20. The molecule has 0 aromatic carbocycles. The highest BCUT2D eigenvalue weighted by molar-refractivity contribution is 7.80. The van der Waals surface area contributed by atoms with E-state index in [1.807, 2.05) is 0 Å². The summed E-state index contributed by atoms with van der Waals surface area (Å²) in [5.41, 5.74) is 0. The van der Waals surface area contributed by atoms with E-state index in [4.69, 9.17) is 17.0 Å². The lowest BCUT2D eigenvalue weighted by molar-refractivity contribution is 0.179. The molecule has 0 aliphatic rings. The van der Waals surface area contributed by atoms with Gasteiger partial charge in [0.15, 0.2) is 5.11 Å². The van der Waals surface area contributed by atoms with Gasteiger partial charge in [-0.2, -0.15) is 0 Å². The van der Waals surface area contributed by atoms with Gasteiger partial charge in [-0.1, -0.05) is 26.2 Å². The zero-order chi connectivity index (χ0) is 12.4. The van der Waals surface area contributed by atoms with Crippen molar-refractivity contribution < 1.29 is 4.74 Å². The third-order valence-electron chi connectivity index (χ3n) is 2.41. The van der Waals surface area contributed by atoms with Crippen LogP contribution in [-0.2, 0) is 4.74 Å². The van der Waals surface area contributed by atoms with Gasteiger partial charge in [0.25, 0.3) is 0 Å². The zero-order valence-electron chi connectivity index (χ0n) is 11.0. The molecular formula is C12H26N2OS. The van der Waals surface area contributed by atoms with Crippen LogP contribution in [0.3, 0.4) is 0 Å². The van der Waals surface area contributed by atoms with Crippen molar-refractivity contribution >= 4 is 17.3 Å². The Morgan fingerprint density at radius 2 is 1.81 bits per heavy atom. The molecule has 0 saturated carbocycles. The van der Waals surface area contributed by atoms with Gasteiger partial charge in [-0.3, -0.25) is 0 Å². The SMILES string of the molecule is CCCCCC(C)NC(=S)NC(C)COC. The summed E-state index contributed by atoms with van der Waals surface area (Å²) in [6.07, 6.45) is 5.00. The Labute approximate surface area is 105 Å². The fraction of sp³-hybridized carbons (Fsp3) is 0.917. The molecular weight excluding hydrogens is 220 g/mol. The third-order valence-corrected chi connectivity index (χ3v) is 2.65. The summed E-state index contributed by atoms with van der Waals surface area (Å²) < 4.78 is 5.04. The maximum atomic E-state index is 5.22. The predicted molar refractivity (Wildman–Crippen MR) is 73.8 cm³/mol. The number of hydrogen-bond donors (Lipinski definition) is 2. The standard InChI is InChI=1S/C12H26N2OS/c1-5-6-7-8-10(2)13-12(16)14-11(3)9-15-4/h10-11H,5-9H2,1-4H3,(H2,13,14,16). The predicted octanol–water partition coefficient (Wildman–Crippen LogP) is 2.45. The maximum absolute atomic E-state index is 5.22. The van der Waals surface area contributed by atoms with E-state index in [0.717, 1.165) is 5.11 Å². The monoisotopic (exact) mass is 246 g/mol. The van der Waals surface area contributed by atoms with Gasteiger partial charge in [0, 0.05) is 19.2 Å². The zero-order valence-corrected chi connectivity index (χ0v) is 11.8. The Balaban J connectivity index is 3.61. The molecule has 0 radical (unpaired) electrons. The van der Waals surface area contributed by atoms with Crippen molar-refractivity contribution in [3.63, 3.8) is 0 Å². The van der Waals surface area contributed by atoms with E-state index in [1.54, 1.807) is 7.11 Å². The molecule has 0 spiro atoms. The highest BCUT2D eigenvalue weighted by Crippen LogP contribution is 2.02. The van der Waals surface area contributed by atoms with Gasteiger partial charge in [0.1, 0.15) is 0 Å². The van der Waals surface area contributed by atoms with Crippen molar-refractivity contribution in [1.29, 1.82) is 0 Å². The van der Waals surface area contributed by atoms with E-state index in [-0.39, 0.29) is 6.04 Å². The van der Waals surface area contributed by atoms with Crippen LogP contribution in [0.15, 0.2) is 0 Å². The average Bonchev–Trinajstić information content (AvgIpc) is 2.17. The molecule has 0 bridgehead atoms. The van der Waals surface area contributed by atoms with E-state index in [2.05, 4.69) is 31.4 Å². The number of ether oxygens (including phenoxy) is 1. The molecule has 0 fully saturated rings. The third kappa shape index (κ3) is 8.92. The van der Waals surface area contributed by atoms with Crippen LogP contribution in [0.2, 0.25) is 0 Å². The number of unbranched alkanes of at least 4 members (excludes halogenated alkanes) is 2. The summed E-state index contributed by atoms with van der Waals surface area (Å²) >= 11 is 5.22. The Kier molecular flexibility index (Phi) is 9.63. The summed E-state index contributed by atoms with van der Waals surface area (Å²) in [7, 11) is 1.70. The van der Waals surface area contributed by atoms with E-state index < -0.39 is 0 Å². The first kappa shape index (κ1) is 15.7. The van der Waals surface area contributed by atoms with Crippen LogP contribution in [0.4, 0.5) is 0 Å². The molecule has 2 unspecified atom stereocenters. The van der Waals surface area contributed by atoms with Crippen molar-refractivity contribution in [3.8, 4) is 0 Å². The van der Waals surface area contributed by atoms with Crippen molar-refractivity contribution in [1.82, 2.24) is 10.6 Å². The van der Waals surface area contributed by atoms with Crippen molar-refractivity contribution in [2.45, 2.75) is 58.5 Å². The largest absolute Gasteiger partial charge is 0.383 e. The normalized spacial score (nSPS) is 14.2. The van der Waals surface area contributed by atoms with Gasteiger partial charge in [0.2, 0.25) is 0 Å². The molecule has 2 atom stereocenters. The summed E-state index contributed by atoms with van der Waals surface area (Å²) in [5, 5.41) is 7.22. The fourth-order valence-electron chi connectivity index (χ4n) is 1.55. The molecule has 0 saturated heterocycles.